The van der Waals surface area contributed by atoms with Crippen molar-refractivity contribution in [2.45, 2.75) is 51.8 Å². The Bertz CT molecular complexity index is 576. The lowest BCUT2D eigenvalue weighted by atomic mass is 10.0. The highest BCUT2D eigenvalue weighted by Crippen LogP contribution is 2.19. The largest absolute Gasteiger partial charge is 0.375 e. The maximum atomic E-state index is 12.4. The highest BCUT2D eigenvalue weighted by molar-refractivity contribution is 5.85. The van der Waals surface area contributed by atoms with Crippen LogP contribution in [-0.4, -0.2) is 60.3 Å². The Morgan fingerprint density at radius 3 is 2.58 bits per heavy atom. The number of aromatic nitrogens is 2. The molecular weight excluding hydrogens is 377 g/mol. The van der Waals surface area contributed by atoms with Crippen LogP contribution < -0.4 is 15.5 Å². The van der Waals surface area contributed by atoms with Gasteiger partial charge < -0.3 is 20.3 Å². The van der Waals surface area contributed by atoms with Crippen molar-refractivity contribution in [3.63, 3.8) is 0 Å². The van der Waals surface area contributed by atoms with Crippen molar-refractivity contribution < 1.29 is 9.53 Å². The number of carbonyl (C=O) groups excluding carboxylic acids is 1. The third kappa shape index (κ3) is 5.67. The fraction of sp³-hybridized carbons (Fsp3) is 0.706. The second-order valence-corrected chi connectivity index (χ2v) is 6.69. The quantitative estimate of drug-likeness (QED) is 0.790. The van der Waals surface area contributed by atoms with Crippen LogP contribution in [0.1, 0.15) is 31.3 Å². The van der Waals surface area contributed by atoms with Gasteiger partial charge in [-0.2, -0.15) is 0 Å². The van der Waals surface area contributed by atoms with Crippen LogP contribution in [0.2, 0.25) is 0 Å². The maximum absolute atomic E-state index is 12.4. The molecule has 2 aliphatic heterocycles. The Kier molecular flexibility index (Phi) is 9.03. The van der Waals surface area contributed by atoms with Gasteiger partial charge in [0, 0.05) is 37.4 Å². The summed E-state index contributed by atoms with van der Waals surface area (Å²) in [7, 11) is 0. The minimum atomic E-state index is -0.246. The molecule has 3 heterocycles. The maximum Gasteiger partial charge on any atom is 0.240 e. The van der Waals surface area contributed by atoms with Gasteiger partial charge in [0.15, 0.2) is 0 Å². The van der Waals surface area contributed by atoms with Gasteiger partial charge in [0.05, 0.1) is 12.7 Å². The van der Waals surface area contributed by atoms with Crippen LogP contribution in [0.3, 0.4) is 0 Å². The van der Waals surface area contributed by atoms with Crippen LogP contribution >= 0.6 is 24.8 Å². The zero-order valence-corrected chi connectivity index (χ0v) is 17.2. The van der Waals surface area contributed by atoms with Crippen molar-refractivity contribution in [2.75, 3.05) is 31.1 Å². The molecule has 2 saturated heterocycles. The summed E-state index contributed by atoms with van der Waals surface area (Å²) < 4.78 is 5.55. The number of rotatable bonds is 3. The minimum absolute atomic E-state index is 0. The Hall–Kier alpha value is -1.15. The predicted molar refractivity (Wildman–Crippen MR) is 107 cm³/mol. The van der Waals surface area contributed by atoms with E-state index >= 15 is 0 Å². The standard InChI is InChI=1S/C17H27N5O2.2ClH/c1-11-10-15(20-13(3)19-11)22-7-4-14(5-8-22)21-17(23)16-12(2)24-9-6-18-16;;/h10,12,14,16,18H,4-9H2,1-3H3,(H,21,23);2*1H/t12-,16+;;/m1../s1. The summed E-state index contributed by atoms with van der Waals surface area (Å²) in [5.74, 6) is 1.84. The Balaban J connectivity index is 0.00000169. The van der Waals surface area contributed by atoms with E-state index in [1.54, 1.807) is 0 Å². The van der Waals surface area contributed by atoms with Gasteiger partial charge in [-0.25, -0.2) is 9.97 Å². The van der Waals surface area contributed by atoms with Gasteiger partial charge in [0.25, 0.3) is 0 Å². The molecule has 2 N–H and O–H groups in total. The Labute approximate surface area is 167 Å². The number of carbonyl (C=O) groups is 1. The molecule has 3 rings (SSSR count). The molecule has 9 heteroatoms. The van der Waals surface area contributed by atoms with Crippen molar-refractivity contribution in [1.29, 1.82) is 0 Å². The number of hydrogen-bond donors (Lipinski definition) is 2. The van der Waals surface area contributed by atoms with Gasteiger partial charge in [0.1, 0.15) is 17.7 Å². The van der Waals surface area contributed by atoms with Gasteiger partial charge >= 0.3 is 0 Å². The SMILES string of the molecule is Cc1cc(N2CCC(NC(=O)[C@H]3NCCO[C@@H]3C)CC2)nc(C)n1.Cl.Cl. The third-order valence-corrected chi connectivity index (χ3v) is 4.72. The number of hydrogen-bond acceptors (Lipinski definition) is 6. The van der Waals surface area contributed by atoms with E-state index < -0.39 is 0 Å². The Morgan fingerprint density at radius 2 is 1.96 bits per heavy atom. The third-order valence-electron chi connectivity index (χ3n) is 4.72. The van der Waals surface area contributed by atoms with Crippen molar-refractivity contribution in [2.24, 2.45) is 0 Å². The Morgan fingerprint density at radius 1 is 1.27 bits per heavy atom. The van der Waals surface area contributed by atoms with Crippen LogP contribution in [0.15, 0.2) is 6.07 Å². The molecule has 0 radical (unpaired) electrons. The summed E-state index contributed by atoms with van der Waals surface area (Å²) in [6, 6.07) is 1.99. The number of morpholine rings is 1. The summed E-state index contributed by atoms with van der Waals surface area (Å²) in [5.41, 5.74) is 0.991. The van der Waals surface area contributed by atoms with E-state index in [-0.39, 0.29) is 48.9 Å². The van der Waals surface area contributed by atoms with Crippen molar-refractivity contribution in [3.8, 4) is 0 Å². The number of piperidine rings is 1. The first kappa shape index (κ1) is 22.9. The van der Waals surface area contributed by atoms with Gasteiger partial charge in [0.2, 0.25) is 5.91 Å². The number of amides is 1. The zero-order valence-electron chi connectivity index (χ0n) is 15.5. The molecule has 2 aliphatic rings. The first-order valence-corrected chi connectivity index (χ1v) is 8.75. The molecule has 0 aliphatic carbocycles. The fourth-order valence-electron chi connectivity index (χ4n) is 3.43. The molecule has 1 amide bonds. The number of aryl methyl sites for hydroxylation is 2. The summed E-state index contributed by atoms with van der Waals surface area (Å²) in [4.78, 5) is 23.6. The van der Waals surface area contributed by atoms with E-state index in [0.717, 1.165) is 49.8 Å². The van der Waals surface area contributed by atoms with Gasteiger partial charge in [-0.1, -0.05) is 0 Å². The van der Waals surface area contributed by atoms with Crippen molar-refractivity contribution in [3.05, 3.63) is 17.6 Å². The number of nitrogens with one attached hydrogen (secondary N) is 2. The van der Waals surface area contributed by atoms with Crippen LogP contribution in [0.4, 0.5) is 5.82 Å². The van der Waals surface area contributed by atoms with Gasteiger partial charge in [-0.05, 0) is 33.6 Å². The number of halogens is 2. The topological polar surface area (TPSA) is 79.4 Å². The summed E-state index contributed by atoms with van der Waals surface area (Å²) in [5, 5.41) is 6.41. The second-order valence-electron chi connectivity index (χ2n) is 6.69. The minimum Gasteiger partial charge on any atom is -0.375 e. The predicted octanol–water partition coefficient (Wildman–Crippen LogP) is 1.40. The molecule has 1 aromatic heterocycles. The number of anilines is 1. The van der Waals surface area contributed by atoms with Crippen molar-refractivity contribution >= 4 is 36.5 Å². The molecular formula is C17H29Cl2N5O2. The van der Waals surface area contributed by atoms with Crippen LogP contribution in [0.5, 0.6) is 0 Å². The fourth-order valence-corrected chi connectivity index (χ4v) is 3.43. The second kappa shape index (κ2) is 10.3. The van der Waals surface area contributed by atoms with E-state index in [0.29, 0.717) is 6.61 Å². The molecule has 1 aromatic rings. The zero-order chi connectivity index (χ0) is 17.1. The summed E-state index contributed by atoms with van der Waals surface area (Å²) in [6.07, 6.45) is 1.77. The normalized spacial score (nSPS) is 23.6. The van der Waals surface area contributed by atoms with Crippen LogP contribution in [0.25, 0.3) is 0 Å². The molecule has 2 atom stereocenters. The van der Waals surface area contributed by atoms with Gasteiger partial charge in [-0.15, -0.1) is 24.8 Å². The molecule has 0 aromatic carbocycles. The average Bonchev–Trinajstić information content (AvgIpc) is 2.55. The highest BCUT2D eigenvalue weighted by atomic mass is 35.5. The molecule has 148 valence electrons. The van der Waals surface area contributed by atoms with E-state index in [4.69, 9.17) is 4.74 Å². The first-order chi connectivity index (χ1) is 11.5. The lowest BCUT2D eigenvalue weighted by molar-refractivity contribution is -0.129. The summed E-state index contributed by atoms with van der Waals surface area (Å²) >= 11 is 0. The van der Waals surface area contributed by atoms with E-state index in [9.17, 15) is 4.79 Å². The average molecular weight is 406 g/mol. The van der Waals surface area contributed by atoms with Crippen LogP contribution in [0, 0.1) is 13.8 Å². The molecule has 0 saturated carbocycles. The lowest BCUT2D eigenvalue weighted by Crippen LogP contribution is -2.58. The van der Waals surface area contributed by atoms with E-state index in [1.807, 2.05) is 26.8 Å². The number of nitrogens with zero attached hydrogens (tertiary/aromatic N) is 3. The monoisotopic (exact) mass is 405 g/mol. The lowest BCUT2D eigenvalue weighted by Gasteiger charge is -2.35. The van der Waals surface area contributed by atoms with Crippen molar-refractivity contribution in [1.82, 2.24) is 20.6 Å². The van der Waals surface area contributed by atoms with E-state index in [2.05, 4.69) is 25.5 Å². The highest BCUT2D eigenvalue weighted by Gasteiger charge is 2.30. The first-order valence-electron chi connectivity index (χ1n) is 8.75. The molecule has 0 spiro atoms. The van der Waals surface area contributed by atoms with Crippen LogP contribution in [-0.2, 0) is 9.53 Å². The molecule has 0 unspecified atom stereocenters. The summed E-state index contributed by atoms with van der Waals surface area (Å²) in [6.45, 7) is 9.04. The molecule has 7 nitrogen and oxygen atoms in total. The molecule has 26 heavy (non-hydrogen) atoms. The molecule has 2 fully saturated rings. The van der Waals surface area contributed by atoms with E-state index in [1.165, 1.54) is 0 Å². The smallest absolute Gasteiger partial charge is 0.240 e. The van der Waals surface area contributed by atoms with Gasteiger partial charge in [-0.3, -0.25) is 4.79 Å². The number of ether oxygens (including phenoxy) is 1. The molecule has 0 bridgehead atoms.